The summed E-state index contributed by atoms with van der Waals surface area (Å²) in [6, 6.07) is 3.31. The lowest BCUT2D eigenvalue weighted by molar-refractivity contribution is -0.137. The third kappa shape index (κ3) is 2.76. The molecule has 0 fully saturated rings. The molecule has 0 aliphatic carbocycles. The van der Waals surface area contributed by atoms with E-state index >= 15 is 0 Å². The number of rotatable bonds is 2. The predicted molar refractivity (Wildman–Crippen MR) is 83.6 cm³/mol. The summed E-state index contributed by atoms with van der Waals surface area (Å²) in [6.45, 7) is 0. The summed E-state index contributed by atoms with van der Waals surface area (Å²) >= 11 is 9.05. The van der Waals surface area contributed by atoms with Crippen LogP contribution in [0.15, 0.2) is 29.0 Å². The van der Waals surface area contributed by atoms with Gasteiger partial charge in [-0.25, -0.2) is 9.97 Å². The van der Waals surface area contributed by atoms with E-state index in [1.807, 2.05) is 0 Å². The second-order valence-electron chi connectivity index (χ2n) is 4.61. The molecule has 0 radical (unpaired) electrons. The average molecular weight is 407 g/mol. The van der Waals surface area contributed by atoms with Crippen molar-refractivity contribution in [3.8, 4) is 17.0 Å². The van der Waals surface area contributed by atoms with E-state index < -0.39 is 11.7 Å². The molecule has 0 amide bonds. The van der Waals surface area contributed by atoms with Crippen LogP contribution in [0.2, 0.25) is 5.28 Å². The number of halogens is 5. The highest BCUT2D eigenvalue weighted by Gasteiger charge is 2.36. The van der Waals surface area contributed by atoms with Gasteiger partial charge in [-0.1, -0.05) is 0 Å². The van der Waals surface area contributed by atoms with Crippen LogP contribution in [0, 0.1) is 0 Å². The molecular weight excluding hydrogens is 399 g/mol. The number of nitrogens with zero attached hydrogens (tertiary/aromatic N) is 2. The van der Waals surface area contributed by atoms with Gasteiger partial charge >= 0.3 is 6.18 Å². The lowest BCUT2D eigenvalue weighted by Crippen LogP contribution is -2.09. The molecule has 0 saturated carbocycles. The van der Waals surface area contributed by atoms with Crippen LogP contribution < -0.4 is 4.74 Å². The molecule has 0 saturated heterocycles. The van der Waals surface area contributed by atoms with Crippen molar-refractivity contribution in [3.63, 3.8) is 0 Å². The molecule has 4 nitrogen and oxygen atoms in total. The number of aromatic amines is 1. The van der Waals surface area contributed by atoms with Gasteiger partial charge in [0, 0.05) is 23.3 Å². The summed E-state index contributed by atoms with van der Waals surface area (Å²) in [5.41, 5.74) is -0.349. The normalized spacial score (nSPS) is 11.9. The molecule has 9 heteroatoms. The maximum absolute atomic E-state index is 13.2. The first-order valence-corrected chi connectivity index (χ1v) is 7.43. The van der Waals surface area contributed by atoms with Gasteiger partial charge in [0.2, 0.25) is 5.28 Å². The number of hydrogen-bond donors (Lipinski definition) is 1. The van der Waals surface area contributed by atoms with Crippen LogP contribution in [0.5, 0.6) is 5.75 Å². The minimum Gasteiger partial charge on any atom is -0.495 e. The Labute approximate surface area is 141 Å². The zero-order valence-electron chi connectivity index (χ0n) is 11.5. The van der Waals surface area contributed by atoms with Crippen molar-refractivity contribution in [2.75, 3.05) is 7.11 Å². The Bertz CT molecular complexity index is 895. The molecule has 0 bridgehead atoms. The van der Waals surface area contributed by atoms with E-state index in [1.165, 1.54) is 13.3 Å². The quantitative estimate of drug-likeness (QED) is 0.605. The first-order valence-electron chi connectivity index (χ1n) is 6.26. The number of hydrogen-bond acceptors (Lipinski definition) is 3. The Balaban J connectivity index is 2.30. The number of benzene rings is 1. The van der Waals surface area contributed by atoms with Gasteiger partial charge < -0.3 is 9.72 Å². The van der Waals surface area contributed by atoms with Crippen LogP contribution in [-0.4, -0.2) is 22.1 Å². The first-order chi connectivity index (χ1) is 10.8. The van der Waals surface area contributed by atoms with Gasteiger partial charge in [0.1, 0.15) is 11.3 Å². The van der Waals surface area contributed by atoms with Crippen LogP contribution in [0.3, 0.4) is 0 Å². The fourth-order valence-electron chi connectivity index (χ4n) is 2.27. The largest absolute Gasteiger partial charge is 0.495 e. The van der Waals surface area contributed by atoms with Gasteiger partial charge in [0.15, 0.2) is 0 Å². The number of fused-ring (bicyclic) bond motifs is 1. The van der Waals surface area contributed by atoms with E-state index in [0.717, 1.165) is 0 Å². The smallest absolute Gasteiger partial charge is 0.419 e. The Morgan fingerprint density at radius 1 is 1.30 bits per heavy atom. The molecule has 0 spiro atoms. The van der Waals surface area contributed by atoms with Crippen molar-refractivity contribution in [1.29, 1.82) is 0 Å². The van der Waals surface area contributed by atoms with Gasteiger partial charge in [0.25, 0.3) is 0 Å². The lowest BCUT2D eigenvalue weighted by Gasteiger charge is -2.11. The minimum atomic E-state index is -4.59. The van der Waals surface area contributed by atoms with Crippen LogP contribution in [0.4, 0.5) is 13.2 Å². The molecule has 3 aromatic rings. The molecule has 0 unspecified atom stereocenters. The highest BCUT2D eigenvalue weighted by atomic mass is 79.9. The summed E-state index contributed by atoms with van der Waals surface area (Å²) in [5.74, 6) is 0.558. The number of ether oxygens (including phenoxy) is 1. The number of H-pyrrole nitrogens is 1. The van der Waals surface area contributed by atoms with Crippen LogP contribution in [0.1, 0.15) is 5.56 Å². The molecule has 0 atom stereocenters. The third-order valence-electron chi connectivity index (χ3n) is 3.30. The molecule has 2 heterocycles. The molecule has 0 aliphatic rings. The zero-order chi connectivity index (χ0) is 16.8. The number of alkyl halides is 3. The standard InChI is InChI=1S/C14H8BrClF3N3O/c1-23-9-3-2-6-7(4-20-12(6)10(9)15)11-8(14(17,18)19)5-21-13(16)22-11/h2-5,20H,1H3. The summed E-state index contributed by atoms with van der Waals surface area (Å²) in [5, 5.41) is 0.299. The fourth-order valence-corrected chi connectivity index (χ4v) is 3.03. The first kappa shape index (κ1) is 16.1. The van der Waals surface area contributed by atoms with E-state index in [4.69, 9.17) is 16.3 Å². The highest BCUT2D eigenvalue weighted by molar-refractivity contribution is 9.10. The third-order valence-corrected chi connectivity index (χ3v) is 4.27. The highest BCUT2D eigenvalue weighted by Crippen LogP contribution is 2.41. The molecule has 3 rings (SSSR count). The summed E-state index contributed by atoms with van der Waals surface area (Å²) < 4.78 is 45.4. The van der Waals surface area contributed by atoms with Crippen molar-refractivity contribution in [1.82, 2.24) is 15.0 Å². The number of aromatic nitrogens is 3. The number of methoxy groups -OCH3 is 1. The van der Waals surface area contributed by atoms with Crippen molar-refractivity contribution < 1.29 is 17.9 Å². The monoisotopic (exact) mass is 405 g/mol. The SMILES string of the molecule is COc1ccc2c(-c3nc(Cl)ncc3C(F)(F)F)c[nH]c2c1Br. The van der Waals surface area contributed by atoms with E-state index in [-0.39, 0.29) is 16.5 Å². The van der Waals surface area contributed by atoms with Gasteiger partial charge in [-0.15, -0.1) is 0 Å². The Kier molecular flexibility index (Phi) is 3.97. The second-order valence-corrected chi connectivity index (χ2v) is 5.74. The Hall–Kier alpha value is -1.80. The van der Waals surface area contributed by atoms with E-state index in [2.05, 4.69) is 30.9 Å². The fraction of sp³-hybridized carbons (Fsp3) is 0.143. The second kappa shape index (κ2) is 5.68. The van der Waals surface area contributed by atoms with Crippen molar-refractivity contribution in [2.24, 2.45) is 0 Å². The van der Waals surface area contributed by atoms with Crippen molar-refractivity contribution in [3.05, 3.63) is 39.8 Å². The molecule has 120 valence electrons. The summed E-state index contributed by atoms with van der Waals surface area (Å²) in [6.07, 6.45) is -2.46. The van der Waals surface area contributed by atoms with Crippen LogP contribution in [-0.2, 0) is 6.18 Å². The van der Waals surface area contributed by atoms with E-state index in [0.29, 0.717) is 27.3 Å². The predicted octanol–water partition coefficient (Wildman–Crippen LogP) is 5.07. The topological polar surface area (TPSA) is 50.8 Å². The Morgan fingerprint density at radius 3 is 2.70 bits per heavy atom. The van der Waals surface area contributed by atoms with Gasteiger partial charge in [-0.05, 0) is 39.7 Å². The maximum Gasteiger partial charge on any atom is 0.419 e. The van der Waals surface area contributed by atoms with Gasteiger partial charge in [-0.2, -0.15) is 13.2 Å². The van der Waals surface area contributed by atoms with Crippen LogP contribution >= 0.6 is 27.5 Å². The number of nitrogens with one attached hydrogen (secondary N) is 1. The molecule has 1 aromatic carbocycles. The summed E-state index contributed by atoms with van der Waals surface area (Å²) in [4.78, 5) is 10.1. The molecule has 1 N–H and O–H groups in total. The molecule has 23 heavy (non-hydrogen) atoms. The molecule has 0 aliphatic heterocycles. The van der Waals surface area contributed by atoms with Gasteiger partial charge in [0.05, 0.1) is 22.8 Å². The maximum atomic E-state index is 13.2. The van der Waals surface area contributed by atoms with Crippen LogP contribution in [0.25, 0.3) is 22.2 Å². The Morgan fingerprint density at radius 2 is 2.04 bits per heavy atom. The minimum absolute atomic E-state index is 0.255. The lowest BCUT2D eigenvalue weighted by atomic mass is 10.1. The summed E-state index contributed by atoms with van der Waals surface area (Å²) in [7, 11) is 1.50. The van der Waals surface area contributed by atoms with E-state index in [9.17, 15) is 13.2 Å². The van der Waals surface area contributed by atoms with Crippen molar-refractivity contribution >= 4 is 38.4 Å². The zero-order valence-corrected chi connectivity index (χ0v) is 13.8. The molecule has 2 aromatic heterocycles. The van der Waals surface area contributed by atoms with Crippen molar-refractivity contribution in [2.45, 2.75) is 6.18 Å². The molecular formula is C14H8BrClF3N3O. The van der Waals surface area contributed by atoms with Gasteiger partial charge in [-0.3, -0.25) is 0 Å². The van der Waals surface area contributed by atoms with E-state index in [1.54, 1.807) is 12.1 Å². The average Bonchev–Trinajstić information content (AvgIpc) is 2.91.